The van der Waals surface area contributed by atoms with Crippen LogP contribution < -0.4 is 0 Å². The molecule has 1 saturated carbocycles. The summed E-state index contributed by atoms with van der Waals surface area (Å²) in [6.07, 6.45) is 5.73. The maximum atomic E-state index is 14.2. The van der Waals surface area contributed by atoms with Crippen molar-refractivity contribution in [2.75, 3.05) is 6.54 Å². The molecule has 5 rings (SSSR count). The van der Waals surface area contributed by atoms with Gasteiger partial charge < -0.3 is 5.11 Å². The maximum absolute atomic E-state index is 14.2. The maximum Gasteiger partial charge on any atom is 0.184 e. The topological polar surface area (TPSA) is 97.4 Å². The highest BCUT2D eigenvalue weighted by Crippen LogP contribution is 2.46. The van der Waals surface area contributed by atoms with Gasteiger partial charge in [0.15, 0.2) is 23.6 Å². The van der Waals surface area contributed by atoms with Gasteiger partial charge >= 0.3 is 0 Å². The van der Waals surface area contributed by atoms with Crippen LogP contribution >= 0.6 is 0 Å². The zero-order chi connectivity index (χ0) is 33.1. The minimum Gasteiger partial charge on any atom is -0.508 e. The summed E-state index contributed by atoms with van der Waals surface area (Å²) >= 11 is 0. The Labute approximate surface area is 272 Å². The molecule has 0 bridgehead atoms. The number of nitrogens with zero attached hydrogens (tertiary/aromatic N) is 4. The highest BCUT2D eigenvalue weighted by molar-refractivity contribution is 6.08. The second-order valence-electron chi connectivity index (χ2n) is 13.8. The second-order valence-corrected chi connectivity index (χ2v) is 13.8. The standard InChI is InChI=1S/C38H47FN4O3/c1-7-26(12-22(2)3)36(45)34-14-23(4)13-24(5)31(34)16-28-17-32(28)37(46)33-18-30(20-43-21-41-38(42-43)25(6)39)40-19-29(33)15-27-10-8-9-11-35(27)44/h8-11,13-14,18,21-22,25-26,28-29,32,44H,7,12,15-17,19-20H2,1-6H3. The lowest BCUT2D eigenvalue weighted by molar-refractivity contribution is -0.117. The van der Waals surface area contributed by atoms with Crippen molar-refractivity contribution < 1.29 is 19.1 Å². The Morgan fingerprint density at radius 3 is 2.54 bits per heavy atom. The van der Waals surface area contributed by atoms with Gasteiger partial charge in [0.05, 0.1) is 12.3 Å². The zero-order valence-corrected chi connectivity index (χ0v) is 28.0. The van der Waals surface area contributed by atoms with Gasteiger partial charge in [-0.05, 0) is 99.6 Å². The molecule has 7 nitrogen and oxygen atoms in total. The van der Waals surface area contributed by atoms with Crippen LogP contribution in [-0.4, -0.2) is 43.7 Å². The zero-order valence-electron chi connectivity index (χ0n) is 28.0. The summed E-state index contributed by atoms with van der Waals surface area (Å²) in [6, 6.07) is 11.4. The van der Waals surface area contributed by atoms with Gasteiger partial charge in [0.2, 0.25) is 0 Å². The number of phenols is 1. The van der Waals surface area contributed by atoms with E-state index in [4.69, 9.17) is 4.99 Å². The van der Waals surface area contributed by atoms with E-state index >= 15 is 0 Å². The van der Waals surface area contributed by atoms with Crippen molar-refractivity contribution >= 4 is 17.3 Å². The number of hydrogen-bond donors (Lipinski definition) is 1. The number of aliphatic imine (C=N–C) groups is 1. The van der Waals surface area contributed by atoms with Gasteiger partial charge in [-0.3, -0.25) is 14.6 Å². The van der Waals surface area contributed by atoms with Crippen molar-refractivity contribution in [3.63, 3.8) is 0 Å². The molecule has 0 radical (unpaired) electrons. The first kappa shape index (κ1) is 33.4. The van der Waals surface area contributed by atoms with Crippen molar-refractivity contribution in [3.05, 3.63) is 88.0 Å². The number of Topliss-reactive ketones (excluding diaryl/α,β-unsaturated/α-hetero) is 2. The molecule has 1 N–H and O–H groups in total. The number of ketones is 2. The Morgan fingerprint density at radius 2 is 1.87 bits per heavy atom. The average molecular weight is 627 g/mol. The summed E-state index contributed by atoms with van der Waals surface area (Å²) in [5, 5.41) is 14.7. The first-order valence-electron chi connectivity index (χ1n) is 16.7. The fourth-order valence-electron chi connectivity index (χ4n) is 6.90. The van der Waals surface area contributed by atoms with E-state index in [1.165, 1.54) is 13.3 Å². The Bertz CT molecular complexity index is 1650. The smallest absolute Gasteiger partial charge is 0.184 e. The van der Waals surface area contributed by atoms with Crippen LogP contribution in [0.2, 0.25) is 0 Å². The van der Waals surface area contributed by atoms with E-state index in [0.29, 0.717) is 36.6 Å². The van der Waals surface area contributed by atoms with E-state index in [-0.39, 0.29) is 53.4 Å². The fraction of sp³-hybridized carbons (Fsp3) is 0.500. The van der Waals surface area contributed by atoms with Crippen LogP contribution in [0, 0.1) is 43.4 Å². The first-order chi connectivity index (χ1) is 21.9. The van der Waals surface area contributed by atoms with Crippen LogP contribution in [0.4, 0.5) is 4.39 Å². The third-order valence-corrected chi connectivity index (χ3v) is 9.48. The number of carbonyl (C=O) groups excluding carboxylic acids is 2. The van der Waals surface area contributed by atoms with E-state index in [2.05, 4.69) is 43.8 Å². The largest absolute Gasteiger partial charge is 0.508 e. The van der Waals surface area contributed by atoms with Crippen molar-refractivity contribution in [2.24, 2.45) is 34.6 Å². The van der Waals surface area contributed by atoms with E-state index in [0.717, 1.165) is 47.1 Å². The number of carbonyl (C=O) groups is 2. The number of dihydropyridines is 1. The number of hydrogen-bond acceptors (Lipinski definition) is 6. The van der Waals surface area contributed by atoms with Crippen LogP contribution in [0.15, 0.2) is 59.4 Å². The lowest BCUT2D eigenvalue weighted by atomic mass is 9.82. The van der Waals surface area contributed by atoms with Gasteiger partial charge in [-0.1, -0.05) is 50.6 Å². The predicted octanol–water partition coefficient (Wildman–Crippen LogP) is 7.57. The van der Waals surface area contributed by atoms with Gasteiger partial charge in [-0.15, -0.1) is 0 Å². The van der Waals surface area contributed by atoms with E-state index < -0.39 is 6.17 Å². The Hall–Kier alpha value is -3.94. The second kappa shape index (κ2) is 14.2. The molecule has 1 aliphatic carbocycles. The summed E-state index contributed by atoms with van der Waals surface area (Å²) in [4.78, 5) is 36.9. The molecule has 1 aliphatic heterocycles. The van der Waals surface area contributed by atoms with Gasteiger partial charge in [0, 0.05) is 35.4 Å². The summed E-state index contributed by atoms with van der Waals surface area (Å²) < 4.78 is 15.3. The number of benzene rings is 2. The molecular formula is C38H47FN4O3. The van der Waals surface area contributed by atoms with Crippen molar-refractivity contribution in [1.82, 2.24) is 14.8 Å². The van der Waals surface area contributed by atoms with Crippen molar-refractivity contribution in [1.29, 1.82) is 0 Å². The number of phenolic OH excluding ortho intramolecular Hbond substituents is 1. The predicted molar refractivity (Wildman–Crippen MR) is 179 cm³/mol. The molecule has 0 amide bonds. The number of aromatic nitrogens is 3. The molecule has 0 saturated heterocycles. The minimum absolute atomic E-state index is 0.00831. The molecule has 2 aromatic carbocycles. The molecule has 1 aromatic heterocycles. The van der Waals surface area contributed by atoms with Crippen molar-refractivity contribution in [3.8, 4) is 5.75 Å². The number of alkyl halides is 1. The van der Waals surface area contributed by atoms with E-state index in [9.17, 15) is 19.1 Å². The van der Waals surface area contributed by atoms with Crippen LogP contribution in [0.25, 0.3) is 0 Å². The minimum atomic E-state index is -1.27. The number of para-hydroxylation sites is 1. The molecule has 3 aromatic rings. The highest BCUT2D eigenvalue weighted by Gasteiger charge is 2.45. The average Bonchev–Trinajstić information content (AvgIpc) is 3.63. The SMILES string of the molecule is CCC(CC(C)C)C(=O)c1cc(C)cc(C)c1CC1CC1C(=O)C1=CC(Cn2cnc(C(C)F)n2)=NCC1Cc1ccccc1O. The lowest BCUT2D eigenvalue weighted by Crippen LogP contribution is -2.26. The number of aryl methyl sites for hydroxylation is 2. The van der Waals surface area contributed by atoms with Crippen LogP contribution in [-0.2, 0) is 24.2 Å². The monoisotopic (exact) mass is 626 g/mol. The summed E-state index contributed by atoms with van der Waals surface area (Å²) in [5.74, 6) is 0.932. The summed E-state index contributed by atoms with van der Waals surface area (Å²) in [5.41, 5.74) is 6.27. The van der Waals surface area contributed by atoms with Gasteiger partial charge in [-0.25, -0.2) is 14.1 Å². The molecule has 1 fully saturated rings. The molecule has 0 spiro atoms. The summed E-state index contributed by atoms with van der Waals surface area (Å²) in [7, 11) is 0. The highest BCUT2D eigenvalue weighted by atomic mass is 19.1. The lowest BCUT2D eigenvalue weighted by Gasteiger charge is -2.23. The molecule has 5 unspecified atom stereocenters. The van der Waals surface area contributed by atoms with Crippen LogP contribution in [0.1, 0.15) is 91.6 Å². The van der Waals surface area contributed by atoms with Crippen molar-refractivity contribution in [2.45, 2.75) is 86.4 Å². The number of rotatable bonds is 14. The molecule has 5 atom stereocenters. The molecule has 2 heterocycles. The molecular weight excluding hydrogens is 579 g/mol. The van der Waals surface area contributed by atoms with Crippen LogP contribution in [0.3, 0.4) is 0 Å². The normalized spacial score (nSPS) is 20.7. The molecule has 2 aliphatic rings. The Kier molecular flexibility index (Phi) is 10.3. The summed E-state index contributed by atoms with van der Waals surface area (Å²) in [6.45, 7) is 12.6. The number of allylic oxidation sites excluding steroid dienone is 1. The van der Waals surface area contributed by atoms with E-state index in [1.54, 1.807) is 16.8 Å². The number of halogens is 1. The first-order valence-corrected chi connectivity index (χ1v) is 16.7. The third-order valence-electron chi connectivity index (χ3n) is 9.48. The van der Waals surface area contributed by atoms with Gasteiger partial charge in [0.25, 0.3) is 0 Å². The third kappa shape index (κ3) is 7.71. The molecule has 8 heteroatoms. The molecule has 244 valence electrons. The van der Waals surface area contributed by atoms with Gasteiger partial charge in [-0.2, -0.15) is 5.10 Å². The quantitative estimate of drug-likeness (QED) is 0.186. The van der Waals surface area contributed by atoms with E-state index in [1.807, 2.05) is 31.2 Å². The van der Waals surface area contributed by atoms with Gasteiger partial charge in [0.1, 0.15) is 12.1 Å². The Morgan fingerprint density at radius 1 is 1.11 bits per heavy atom. The molecule has 46 heavy (non-hydrogen) atoms. The van der Waals surface area contributed by atoms with Crippen LogP contribution in [0.5, 0.6) is 5.75 Å². The number of aromatic hydroxyl groups is 1. The fourth-order valence-corrected chi connectivity index (χ4v) is 6.90. The Balaban J connectivity index is 1.38.